The van der Waals surface area contributed by atoms with E-state index in [0.717, 1.165) is 14.9 Å². The molecule has 2 rings (SSSR count). The van der Waals surface area contributed by atoms with Crippen LogP contribution in [0.3, 0.4) is 0 Å². The molecule has 3 nitrogen and oxygen atoms in total. The largest absolute Gasteiger partial charge is 0.387 e. The van der Waals surface area contributed by atoms with Crippen molar-refractivity contribution in [1.29, 1.82) is 0 Å². The molecule has 0 bridgehead atoms. The Kier molecular flexibility index (Phi) is 4.66. The molecule has 0 aliphatic heterocycles. The standard InChI is InChI=1S/C14H12ClIN2O/c1-17-13-7-2-9(15)8-12(13)14(19)18-11-5-3-10(16)4-6-11/h2-8,17H,1H3,(H,18,19). The van der Waals surface area contributed by atoms with Crippen LogP contribution in [-0.4, -0.2) is 13.0 Å². The highest BCUT2D eigenvalue weighted by molar-refractivity contribution is 14.1. The second-order valence-electron chi connectivity index (χ2n) is 3.90. The minimum Gasteiger partial charge on any atom is -0.387 e. The van der Waals surface area contributed by atoms with E-state index in [0.29, 0.717) is 10.6 Å². The van der Waals surface area contributed by atoms with Crippen LogP contribution in [-0.2, 0) is 0 Å². The van der Waals surface area contributed by atoms with Crippen molar-refractivity contribution in [2.75, 3.05) is 17.7 Å². The Morgan fingerprint density at radius 1 is 1.16 bits per heavy atom. The first-order valence-electron chi connectivity index (χ1n) is 5.64. The molecule has 0 fully saturated rings. The van der Waals surface area contributed by atoms with Gasteiger partial charge in [0.1, 0.15) is 0 Å². The van der Waals surface area contributed by atoms with Crippen molar-refractivity contribution in [2.24, 2.45) is 0 Å². The van der Waals surface area contributed by atoms with Crippen LogP contribution in [0.1, 0.15) is 10.4 Å². The molecule has 0 heterocycles. The molecule has 0 saturated heterocycles. The summed E-state index contributed by atoms with van der Waals surface area (Å²) >= 11 is 8.15. The van der Waals surface area contributed by atoms with Crippen LogP contribution in [0.25, 0.3) is 0 Å². The van der Waals surface area contributed by atoms with Crippen LogP contribution in [0.15, 0.2) is 42.5 Å². The van der Waals surface area contributed by atoms with Gasteiger partial charge in [-0.3, -0.25) is 4.79 Å². The SMILES string of the molecule is CNc1ccc(Cl)cc1C(=O)Nc1ccc(I)cc1. The molecular formula is C14H12ClIN2O. The fraction of sp³-hybridized carbons (Fsp3) is 0.0714. The molecule has 2 aromatic rings. The monoisotopic (exact) mass is 386 g/mol. The smallest absolute Gasteiger partial charge is 0.257 e. The van der Waals surface area contributed by atoms with Gasteiger partial charge in [0, 0.05) is 27.0 Å². The molecule has 2 aromatic carbocycles. The Balaban J connectivity index is 2.24. The number of hydrogen-bond donors (Lipinski definition) is 2. The maximum Gasteiger partial charge on any atom is 0.257 e. The van der Waals surface area contributed by atoms with Crippen molar-refractivity contribution in [3.63, 3.8) is 0 Å². The molecule has 0 unspecified atom stereocenters. The summed E-state index contributed by atoms with van der Waals surface area (Å²) in [5.74, 6) is -0.187. The topological polar surface area (TPSA) is 41.1 Å². The van der Waals surface area contributed by atoms with Gasteiger partial charge in [-0.1, -0.05) is 11.6 Å². The first-order valence-corrected chi connectivity index (χ1v) is 7.10. The molecule has 0 radical (unpaired) electrons. The Bertz CT molecular complexity index is 599. The summed E-state index contributed by atoms with van der Waals surface area (Å²) in [6, 6.07) is 12.8. The molecule has 2 N–H and O–H groups in total. The average molecular weight is 387 g/mol. The van der Waals surface area contributed by atoms with Gasteiger partial charge in [0.15, 0.2) is 0 Å². The number of anilines is 2. The molecule has 0 aromatic heterocycles. The van der Waals surface area contributed by atoms with Gasteiger partial charge in [-0.15, -0.1) is 0 Å². The fourth-order valence-corrected chi connectivity index (χ4v) is 2.19. The van der Waals surface area contributed by atoms with E-state index in [1.165, 1.54) is 0 Å². The number of nitrogens with one attached hydrogen (secondary N) is 2. The van der Waals surface area contributed by atoms with Crippen molar-refractivity contribution in [1.82, 2.24) is 0 Å². The third-order valence-electron chi connectivity index (χ3n) is 2.60. The zero-order valence-corrected chi connectivity index (χ0v) is 13.1. The number of amides is 1. The minimum absolute atomic E-state index is 0.187. The zero-order chi connectivity index (χ0) is 13.8. The number of carbonyl (C=O) groups is 1. The molecule has 0 aliphatic carbocycles. The number of carbonyl (C=O) groups excluding carboxylic acids is 1. The third-order valence-corrected chi connectivity index (χ3v) is 3.55. The van der Waals surface area contributed by atoms with Crippen molar-refractivity contribution >= 4 is 51.5 Å². The molecule has 0 spiro atoms. The van der Waals surface area contributed by atoms with Crippen LogP contribution in [0, 0.1) is 3.57 Å². The highest BCUT2D eigenvalue weighted by atomic mass is 127. The second kappa shape index (κ2) is 6.25. The summed E-state index contributed by atoms with van der Waals surface area (Å²) in [7, 11) is 1.77. The Morgan fingerprint density at radius 2 is 1.84 bits per heavy atom. The van der Waals surface area contributed by atoms with E-state index in [1.807, 2.05) is 24.3 Å². The number of rotatable bonds is 3. The molecule has 19 heavy (non-hydrogen) atoms. The zero-order valence-electron chi connectivity index (χ0n) is 10.2. The third kappa shape index (κ3) is 3.61. The van der Waals surface area contributed by atoms with Gasteiger partial charge in [0.2, 0.25) is 0 Å². The van der Waals surface area contributed by atoms with Crippen molar-refractivity contribution in [3.8, 4) is 0 Å². The summed E-state index contributed by atoms with van der Waals surface area (Å²) in [6.07, 6.45) is 0. The van der Waals surface area contributed by atoms with Crippen LogP contribution in [0.5, 0.6) is 0 Å². The van der Waals surface area contributed by atoms with E-state index in [-0.39, 0.29) is 5.91 Å². The van der Waals surface area contributed by atoms with Gasteiger partial charge in [-0.2, -0.15) is 0 Å². The summed E-state index contributed by atoms with van der Waals surface area (Å²) in [6.45, 7) is 0. The van der Waals surface area contributed by atoms with Crippen molar-refractivity contribution < 1.29 is 4.79 Å². The lowest BCUT2D eigenvalue weighted by molar-refractivity contribution is 0.102. The lowest BCUT2D eigenvalue weighted by Crippen LogP contribution is -2.14. The quantitative estimate of drug-likeness (QED) is 0.775. The summed E-state index contributed by atoms with van der Waals surface area (Å²) in [5.41, 5.74) is 2.02. The predicted molar refractivity (Wildman–Crippen MR) is 88.1 cm³/mol. The van der Waals surface area contributed by atoms with Crippen LogP contribution in [0.4, 0.5) is 11.4 Å². The predicted octanol–water partition coefficient (Wildman–Crippen LogP) is 4.24. The van der Waals surface area contributed by atoms with E-state index in [1.54, 1.807) is 25.2 Å². The van der Waals surface area contributed by atoms with Crippen LogP contribution < -0.4 is 10.6 Å². The fourth-order valence-electron chi connectivity index (χ4n) is 1.65. The van der Waals surface area contributed by atoms with Crippen molar-refractivity contribution in [2.45, 2.75) is 0 Å². The van der Waals surface area contributed by atoms with Gasteiger partial charge >= 0.3 is 0 Å². The molecular weight excluding hydrogens is 375 g/mol. The van der Waals surface area contributed by atoms with Gasteiger partial charge in [0.25, 0.3) is 5.91 Å². The molecule has 0 aliphatic rings. The number of benzene rings is 2. The van der Waals surface area contributed by atoms with Gasteiger partial charge in [-0.25, -0.2) is 0 Å². The summed E-state index contributed by atoms with van der Waals surface area (Å²) in [5, 5.41) is 6.36. The molecule has 0 atom stereocenters. The number of halogens is 2. The molecule has 5 heteroatoms. The van der Waals surface area contributed by atoms with E-state index in [2.05, 4.69) is 33.2 Å². The van der Waals surface area contributed by atoms with E-state index in [4.69, 9.17) is 11.6 Å². The van der Waals surface area contributed by atoms with E-state index >= 15 is 0 Å². The maximum atomic E-state index is 12.2. The molecule has 98 valence electrons. The van der Waals surface area contributed by atoms with Crippen LogP contribution >= 0.6 is 34.2 Å². The maximum absolute atomic E-state index is 12.2. The highest BCUT2D eigenvalue weighted by Gasteiger charge is 2.11. The van der Waals surface area contributed by atoms with Crippen LogP contribution in [0.2, 0.25) is 5.02 Å². The van der Waals surface area contributed by atoms with Crippen molar-refractivity contribution in [3.05, 3.63) is 56.6 Å². The average Bonchev–Trinajstić information content (AvgIpc) is 2.41. The molecule has 1 amide bonds. The molecule has 0 saturated carbocycles. The van der Waals surface area contributed by atoms with Gasteiger partial charge < -0.3 is 10.6 Å². The Morgan fingerprint density at radius 3 is 2.47 bits per heavy atom. The summed E-state index contributed by atoms with van der Waals surface area (Å²) < 4.78 is 1.12. The van der Waals surface area contributed by atoms with E-state index < -0.39 is 0 Å². The Labute approximate surface area is 130 Å². The second-order valence-corrected chi connectivity index (χ2v) is 5.58. The first kappa shape index (κ1) is 14.1. The van der Waals surface area contributed by atoms with Gasteiger partial charge in [0.05, 0.1) is 5.56 Å². The summed E-state index contributed by atoms with van der Waals surface area (Å²) in [4.78, 5) is 12.2. The normalized spacial score (nSPS) is 10.1. The first-order chi connectivity index (χ1) is 9.10. The van der Waals surface area contributed by atoms with E-state index in [9.17, 15) is 4.79 Å². The minimum atomic E-state index is -0.187. The lowest BCUT2D eigenvalue weighted by atomic mass is 10.1. The lowest BCUT2D eigenvalue weighted by Gasteiger charge is -2.10. The van der Waals surface area contributed by atoms with Gasteiger partial charge in [-0.05, 0) is 65.1 Å². The number of hydrogen-bond acceptors (Lipinski definition) is 2. The Hall–Kier alpha value is -1.27. The highest BCUT2D eigenvalue weighted by Crippen LogP contribution is 2.22.